The molecule has 0 radical (unpaired) electrons. The van der Waals surface area contributed by atoms with Crippen LogP contribution >= 0.6 is 0 Å². The summed E-state index contributed by atoms with van der Waals surface area (Å²) in [6.07, 6.45) is 15.6. The highest BCUT2D eigenvalue weighted by Gasteiger charge is 2.29. The Morgan fingerprint density at radius 3 is 2.61 bits per heavy atom. The maximum absolute atomic E-state index is 11.3. The van der Waals surface area contributed by atoms with Gasteiger partial charge in [0.1, 0.15) is 29.0 Å². The predicted molar refractivity (Wildman–Crippen MR) is 127 cm³/mol. The van der Waals surface area contributed by atoms with Gasteiger partial charge in [0.15, 0.2) is 0 Å². The van der Waals surface area contributed by atoms with Crippen LogP contribution in [0.3, 0.4) is 0 Å². The molecule has 0 saturated carbocycles. The Balaban J connectivity index is 1.94. The van der Waals surface area contributed by atoms with Crippen molar-refractivity contribution in [3.8, 4) is 11.5 Å². The van der Waals surface area contributed by atoms with Crippen molar-refractivity contribution in [1.82, 2.24) is 0 Å². The van der Waals surface area contributed by atoms with Crippen LogP contribution in [-0.2, 0) is 16.5 Å². The summed E-state index contributed by atoms with van der Waals surface area (Å²) in [5, 5.41) is 0. The Labute approximate surface area is 189 Å². The second-order valence-corrected chi connectivity index (χ2v) is 10.4. The molecule has 2 unspecified atom stereocenters. The summed E-state index contributed by atoms with van der Waals surface area (Å²) in [7, 11) is -4.08. The number of benzene rings is 1. The van der Waals surface area contributed by atoms with Crippen molar-refractivity contribution in [3.63, 3.8) is 0 Å². The summed E-state index contributed by atoms with van der Waals surface area (Å²) in [4.78, 5) is 0. The molecular weight excluding hydrogens is 412 g/mol. The molecule has 0 saturated heterocycles. The third kappa shape index (κ3) is 9.65. The molecule has 1 aromatic rings. The van der Waals surface area contributed by atoms with Gasteiger partial charge in [0.2, 0.25) is 0 Å². The highest BCUT2D eigenvalue weighted by atomic mass is 32.2. The van der Waals surface area contributed by atoms with Crippen molar-refractivity contribution in [2.75, 3.05) is 5.75 Å². The third-order valence-corrected chi connectivity index (χ3v) is 6.58. The molecule has 1 aliphatic rings. The molecule has 0 aromatic heterocycles. The third-order valence-electron chi connectivity index (χ3n) is 5.79. The molecule has 0 spiro atoms. The summed E-state index contributed by atoms with van der Waals surface area (Å²) in [5.74, 6) is 1.09. The summed E-state index contributed by atoms with van der Waals surface area (Å²) >= 11 is 0. The minimum absolute atomic E-state index is 0.298. The quantitative estimate of drug-likeness (QED) is 0.198. The van der Waals surface area contributed by atoms with Crippen molar-refractivity contribution in [3.05, 3.63) is 35.9 Å². The van der Waals surface area contributed by atoms with Gasteiger partial charge < -0.3 is 9.47 Å². The lowest BCUT2D eigenvalue weighted by atomic mass is 9.91. The van der Waals surface area contributed by atoms with Gasteiger partial charge in [0, 0.05) is 0 Å². The van der Waals surface area contributed by atoms with E-state index < -0.39 is 16.2 Å². The van der Waals surface area contributed by atoms with E-state index in [-0.39, 0.29) is 11.4 Å². The Kier molecular flexibility index (Phi) is 10.4. The number of hydrogen-bond acceptors (Lipinski definition) is 4. The fourth-order valence-electron chi connectivity index (χ4n) is 3.96. The first-order chi connectivity index (χ1) is 14.7. The molecule has 0 bridgehead atoms. The van der Waals surface area contributed by atoms with Crippen LogP contribution in [0.4, 0.5) is 0 Å². The molecule has 1 aliphatic heterocycles. The number of rotatable bonds is 14. The second-order valence-electron chi connectivity index (χ2n) is 8.92. The van der Waals surface area contributed by atoms with Gasteiger partial charge in [-0.3, -0.25) is 4.55 Å². The van der Waals surface area contributed by atoms with Crippen LogP contribution in [0.5, 0.6) is 11.5 Å². The molecule has 6 heteroatoms. The lowest BCUT2D eigenvalue weighted by Crippen LogP contribution is -2.34. The molecular formula is C25H40O5S. The van der Waals surface area contributed by atoms with Crippen LogP contribution in [0.15, 0.2) is 30.4 Å². The van der Waals surface area contributed by atoms with Crippen molar-refractivity contribution in [2.24, 2.45) is 0 Å². The zero-order valence-corrected chi connectivity index (χ0v) is 20.3. The van der Waals surface area contributed by atoms with Crippen LogP contribution in [0.25, 0.3) is 0 Å². The van der Waals surface area contributed by atoms with E-state index in [2.05, 4.69) is 26.0 Å². The Hall–Kier alpha value is -1.53. The first-order valence-electron chi connectivity index (χ1n) is 11.9. The number of fused-ring (bicyclic) bond motifs is 1. The Morgan fingerprint density at radius 2 is 1.90 bits per heavy atom. The van der Waals surface area contributed by atoms with E-state index in [1.165, 1.54) is 32.1 Å². The van der Waals surface area contributed by atoms with Crippen molar-refractivity contribution >= 4 is 10.1 Å². The Morgan fingerprint density at radius 1 is 1.16 bits per heavy atom. The fourth-order valence-corrected chi connectivity index (χ4v) is 4.66. The molecule has 1 aromatic carbocycles. The van der Waals surface area contributed by atoms with Gasteiger partial charge in [-0.15, -0.1) is 0 Å². The zero-order chi connectivity index (χ0) is 22.7. The van der Waals surface area contributed by atoms with Crippen LogP contribution < -0.4 is 9.47 Å². The van der Waals surface area contributed by atoms with Gasteiger partial charge in [-0.1, -0.05) is 58.4 Å². The predicted octanol–water partition coefficient (Wildman–Crippen LogP) is 6.51. The highest BCUT2D eigenvalue weighted by Crippen LogP contribution is 2.36. The largest absolute Gasteiger partial charge is 0.489 e. The van der Waals surface area contributed by atoms with Gasteiger partial charge in [-0.2, -0.15) is 8.42 Å². The number of ether oxygens (including phenoxy) is 2. The zero-order valence-electron chi connectivity index (χ0n) is 19.4. The monoisotopic (exact) mass is 452 g/mol. The normalized spacial score (nSPS) is 19.7. The maximum Gasteiger partial charge on any atom is 0.268 e. The van der Waals surface area contributed by atoms with E-state index in [9.17, 15) is 13.0 Å². The topological polar surface area (TPSA) is 72.8 Å². The molecule has 0 amide bonds. The standard InChI is InChI=1S/C25H40O5S/c1-4-6-8-9-10-11-12-17-25(3)18-16-21-19-22(14-15-24(21)30-25)29-23(13-7-5-2)20-31(26,27)28/h12,14-15,17,19,23H,4-11,13,16,18,20H2,1-3H3,(H,26,27,28)/b17-12+. The lowest BCUT2D eigenvalue weighted by molar-refractivity contribution is 0.113. The van der Waals surface area contributed by atoms with Gasteiger partial charge in [0.05, 0.1) is 0 Å². The van der Waals surface area contributed by atoms with E-state index in [0.29, 0.717) is 12.2 Å². The SMILES string of the molecule is CCCCCCC/C=C/C1(C)CCc2cc(OC(CCCC)CS(=O)(=O)O)ccc2O1. The van der Waals surface area contributed by atoms with Crippen molar-refractivity contribution in [1.29, 1.82) is 0 Å². The van der Waals surface area contributed by atoms with Crippen LogP contribution in [0.2, 0.25) is 0 Å². The highest BCUT2D eigenvalue weighted by molar-refractivity contribution is 7.85. The summed E-state index contributed by atoms with van der Waals surface area (Å²) in [5.41, 5.74) is 0.775. The average molecular weight is 453 g/mol. The van der Waals surface area contributed by atoms with E-state index in [0.717, 1.165) is 43.4 Å². The van der Waals surface area contributed by atoms with E-state index in [1.807, 2.05) is 25.1 Å². The smallest absolute Gasteiger partial charge is 0.268 e. The molecule has 0 aliphatic carbocycles. The molecule has 5 nitrogen and oxygen atoms in total. The van der Waals surface area contributed by atoms with Crippen LogP contribution in [-0.4, -0.2) is 30.4 Å². The summed E-state index contributed by atoms with van der Waals surface area (Å²) in [6.45, 7) is 6.40. The van der Waals surface area contributed by atoms with E-state index in [1.54, 1.807) is 0 Å². The Bertz CT molecular complexity index is 802. The number of hydrogen-bond donors (Lipinski definition) is 1. The van der Waals surface area contributed by atoms with Crippen LogP contribution in [0, 0.1) is 0 Å². The molecule has 1 heterocycles. The molecule has 176 valence electrons. The summed E-state index contributed by atoms with van der Waals surface area (Å²) in [6, 6.07) is 5.67. The van der Waals surface area contributed by atoms with Gasteiger partial charge in [-0.05, 0) is 68.9 Å². The summed E-state index contributed by atoms with van der Waals surface area (Å²) < 4.78 is 44.1. The molecule has 31 heavy (non-hydrogen) atoms. The molecule has 1 N–H and O–H groups in total. The average Bonchev–Trinajstić information content (AvgIpc) is 2.70. The molecule has 2 atom stereocenters. The first kappa shape index (κ1) is 25.7. The first-order valence-corrected chi connectivity index (χ1v) is 13.5. The minimum atomic E-state index is -4.08. The van der Waals surface area contributed by atoms with Crippen LogP contribution in [0.1, 0.15) is 90.5 Å². The van der Waals surface area contributed by atoms with Gasteiger partial charge >= 0.3 is 0 Å². The van der Waals surface area contributed by atoms with Crippen molar-refractivity contribution in [2.45, 2.75) is 103 Å². The maximum atomic E-state index is 11.3. The molecule has 0 fully saturated rings. The minimum Gasteiger partial charge on any atom is -0.489 e. The van der Waals surface area contributed by atoms with Gasteiger partial charge in [-0.25, -0.2) is 0 Å². The van der Waals surface area contributed by atoms with Crippen molar-refractivity contribution < 1.29 is 22.4 Å². The number of allylic oxidation sites excluding steroid dienone is 1. The van der Waals surface area contributed by atoms with E-state index in [4.69, 9.17) is 9.47 Å². The second kappa shape index (κ2) is 12.5. The number of aryl methyl sites for hydroxylation is 1. The molecule has 2 rings (SSSR count). The van der Waals surface area contributed by atoms with Gasteiger partial charge in [0.25, 0.3) is 10.1 Å². The number of unbranched alkanes of at least 4 members (excludes halogenated alkanes) is 6. The fraction of sp³-hybridized carbons (Fsp3) is 0.680. The van der Waals surface area contributed by atoms with E-state index >= 15 is 0 Å². The lowest BCUT2D eigenvalue weighted by Gasteiger charge is -2.34.